The molecule has 1 saturated heterocycles. The molecule has 2 aliphatic heterocycles. The maximum absolute atomic E-state index is 15.4. The molecule has 2 aliphatic rings. The third-order valence-electron chi connectivity index (χ3n) is 11.8. The average molecular weight is 826 g/mol. The van der Waals surface area contributed by atoms with Crippen molar-refractivity contribution in [3.8, 4) is 16.9 Å². The molecule has 1 N–H and O–H groups in total. The van der Waals surface area contributed by atoms with Crippen LogP contribution in [-0.4, -0.2) is 86.2 Å². The van der Waals surface area contributed by atoms with Gasteiger partial charge in [-0.3, -0.25) is 14.3 Å². The van der Waals surface area contributed by atoms with Crippen LogP contribution in [0.15, 0.2) is 42.5 Å². The average Bonchev–Trinajstić information content (AvgIpc) is 3.78. The summed E-state index contributed by atoms with van der Waals surface area (Å²) >= 11 is 13.5. The maximum Gasteiger partial charge on any atom is 0.354 e. The SMILES string of the molecule is Cc1cc(OCCCc2c3n(c4c(-c5c(C)nn(C)c5C)c(Cl)ccc24)[C@H](C)CN(c2c(C(=O)O)n(C)c4ccc(C(=O)N5CCOCC5)cc24)C3=O)cc(C)c1Cl. The van der Waals surface area contributed by atoms with Crippen molar-refractivity contribution in [3.63, 3.8) is 0 Å². The number of fused-ring (bicyclic) bond motifs is 4. The third kappa shape index (κ3) is 6.42. The quantitative estimate of drug-likeness (QED) is 0.145. The predicted molar refractivity (Wildman–Crippen MR) is 226 cm³/mol. The second kappa shape index (κ2) is 15.1. The molecule has 0 unspecified atom stereocenters. The van der Waals surface area contributed by atoms with Gasteiger partial charge in [-0.25, -0.2) is 4.79 Å². The number of carbonyl (C=O) groups is 3. The molecule has 0 aliphatic carbocycles. The molecule has 0 spiro atoms. The Labute approximate surface area is 346 Å². The molecule has 1 atom stereocenters. The summed E-state index contributed by atoms with van der Waals surface area (Å²) in [5.41, 5.74) is 8.67. The molecule has 5 heterocycles. The highest BCUT2D eigenvalue weighted by Crippen LogP contribution is 2.46. The number of carbonyl (C=O) groups excluding carboxylic acids is 2. The van der Waals surface area contributed by atoms with Crippen LogP contribution < -0.4 is 9.64 Å². The molecular formula is C44H46Cl2N6O6. The molecule has 2 amide bonds. The van der Waals surface area contributed by atoms with Crippen LogP contribution in [0.1, 0.15) is 78.8 Å². The Kier molecular flexibility index (Phi) is 10.3. The van der Waals surface area contributed by atoms with E-state index in [1.807, 2.05) is 70.6 Å². The van der Waals surface area contributed by atoms with Crippen LogP contribution >= 0.6 is 23.2 Å². The van der Waals surface area contributed by atoms with E-state index in [4.69, 9.17) is 37.8 Å². The summed E-state index contributed by atoms with van der Waals surface area (Å²) in [5.74, 6) is -0.966. The van der Waals surface area contributed by atoms with Crippen molar-refractivity contribution in [2.75, 3.05) is 44.4 Å². The Bertz CT molecular complexity index is 2660. The first-order valence-corrected chi connectivity index (χ1v) is 20.2. The van der Waals surface area contributed by atoms with E-state index < -0.39 is 5.97 Å². The molecule has 0 saturated carbocycles. The number of amides is 2. The molecule has 1 fully saturated rings. The minimum absolute atomic E-state index is 0.0371. The third-order valence-corrected chi connectivity index (χ3v) is 12.7. The monoisotopic (exact) mass is 824 g/mol. The lowest BCUT2D eigenvalue weighted by atomic mass is 9.98. The van der Waals surface area contributed by atoms with E-state index in [1.54, 1.807) is 39.6 Å². The van der Waals surface area contributed by atoms with Crippen molar-refractivity contribution in [3.05, 3.63) is 97.5 Å². The van der Waals surface area contributed by atoms with Gasteiger partial charge in [-0.2, -0.15) is 5.10 Å². The second-order valence-corrected chi connectivity index (χ2v) is 16.3. The number of aromatic carboxylic acids is 1. The van der Waals surface area contributed by atoms with Crippen LogP contribution in [-0.2, 0) is 25.3 Å². The number of carboxylic acids is 1. The zero-order valence-corrected chi connectivity index (χ0v) is 35.2. The van der Waals surface area contributed by atoms with Crippen molar-refractivity contribution in [1.82, 2.24) is 23.8 Å². The van der Waals surface area contributed by atoms with E-state index >= 15 is 4.79 Å². The molecule has 3 aromatic heterocycles. The Morgan fingerprint density at radius 2 is 1.67 bits per heavy atom. The first kappa shape index (κ1) is 39.5. The zero-order valence-electron chi connectivity index (χ0n) is 33.7. The fourth-order valence-corrected chi connectivity index (χ4v) is 9.30. The smallest absolute Gasteiger partial charge is 0.354 e. The number of aromatic nitrogens is 4. The topological polar surface area (TPSA) is 124 Å². The van der Waals surface area contributed by atoms with Crippen molar-refractivity contribution >= 4 is 68.5 Å². The highest BCUT2D eigenvalue weighted by atomic mass is 35.5. The number of anilines is 1. The number of halogens is 2. The van der Waals surface area contributed by atoms with Crippen molar-refractivity contribution in [1.29, 1.82) is 0 Å². The van der Waals surface area contributed by atoms with Crippen molar-refractivity contribution in [2.24, 2.45) is 14.1 Å². The normalized spacial score (nSPS) is 15.8. The first-order valence-electron chi connectivity index (χ1n) is 19.5. The summed E-state index contributed by atoms with van der Waals surface area (Å²) in [6.45, 7) is 12.3. The number of hydrogen-bond acceptors (Lipinski definition) is 6. The van der Waals surface area contributed by atoms with E-state index in [0.717, 1.165) is 55.9 Å². The van der Waals surface area contributed by atoms with Gasteiger partial charge in [0.2, 0.25) is 0 Å². The van der Waals surface area contributed by atoms with E-state index in [0.29, 0.717) is 78.0 Å². The van der Waals surface area contributed by atoms with Crippen LogP contribution in [0.5, 0.6) is 5.75 Å². The van der Waals surface area contributed by atoms with Gasteiger partial charge in [0.05, 0.1) is 47.3 Å². The van der Waals surface area contributed by atoms with Gasteiger partial charge in [0.15, 0.2) is 5.69 Å². The number of nitrogens with zero attached hydrogens (tertiary/aromatic N) is 6. The molecule has 3 aromatic carbocycles. The largest absolute Gasteiger partial charge is 0.494 e. The lowest BCUT2D eigenvalue weighted by molar-refractivity contribution is 0.0303. The molecule has 6 aromatic rings. The van der Waals surface area contributed by atoms with Gasteiger partial charge in [-0.1, -0.05) is 29.3 Å². The first-order chi connectivity index (χ1) is 27.7. The Hall–Kier alpha value is -5.30. The Morgan fingerprint density at radius 3 is 2.33 bits per heavy atom. The highest BCUT2D eigenvalue weighted by molar-refractivity contribution is 6.35. The van der Waals surface area contributed by atoms with Gasteiger partial charge in [-0.15, -0.1) is 0 Å². The number of morpholine rings is 1. The summed E-state index contributed by atoms with van der Waals surface area (Å²) < 4.78 is 17.2. The van der Waals surface area contributed by atoms with Crippen LogP contribution in [0.3, 0.4) is 0 Å². The molecule has 58 heavy (non-hydrogen) atoms. The lowest BCUT2D eigenvalue weighted by Crippen LogP contribution is -2.43. The van der Waals surface area contributed by atoms with E-state index in [-0.39, 0.29) is 35.8 Å². The van der Waals surface area contributed by atoms with Gasteiger partial charge < -0.3 is 33.5 Å². The molecular weight excluding hydrogens is 779 g/mol. The molecule has 302 valence electrons. The zero-order chi connectivity index (χ0) is 41.3. The molecule has 12 nitrogen and oxygen atoms in total. The van der Waals surface area contributed by atoms with Gasteiger partial charge in [-0.05, 0) is 101 Å². The summed E-state index contributed by atoms with van der Waals surface area (Å²) in [6.07, 6.45) is 1.07. The number of hydrogen-bond donors (Lipinski definition) is 1. The Morgan fingerprint density at radius 1 is 0.966 bits per heavy atom. The standard InChI is InChI=1S/C44H46Cl2N6O6/c1-23-19-29(20-24(2)37(23)46)58-16-8-9-30-31-11-12-33(45)36(35-26(4)47-49(7)27(35)5)38(31)52-25(3)22-51(43(54)40(30)52)39-32-21-28(42(53)50-14-17-57-18-15-50)10-13-34(32)48(6)41(39)44(55)56/h10-13,19-21,25H,8-9,14-18,22H2,1-7H3,(H,55,56)/t25-/m1/s1. The van der Waals surface area contributed by atoms with E-state index in [2.05, 4.69) is 4.57 Å². The minimum Gasteiger partial charge on any atom is -0.494 e. The van der Waals surface area contributed by atoms with Crippen molar-refractivity contribution < 1.29 is 29.0 Å². The Balaban J connectivity index is 1.28. The number of aryl methyl sites for hydroxylation is 6. The summed E-state index contributed by atoms with van der Waals surface area (Å²) in [5, 5.41) is 18.1. The van der Waals surface area contributed by atoms with Gasteiger partial charge in [0.25, 0.3) is 11.8 Å². The maximum atomic E-state index is 15.4. The van der Waals surface area contributed by atoms with Gasteiger partial charge >= 0.3 is 5.97 Å². The van der Waals surface area contributed by atoms with Gasteiger partial charge in [0.1, 0.15) is 11.4 Å². The number of rotatable bonds is 9. The van der Waals surface area contributed by atoms with Crippen LogP contribution in [0.2, 0.25) is 10.0 Å². The highest BCUT2D eigenvalue weighted by Gasteiger charge is 2.40. The lowest BCUT2D eigenvalue weighted by Gasteiger charge is -2.34. The van der Waals surface area contributed by atoms with Crippen molar-refractivity contribution in [2.45, 2.75) is 53.5 Å². The van der Waals surface area contributed by atoms with E-state index in [1.165, 1.54) is 0 Å². The minimum atomic E-state index is -1.18. The number of benzene rings is 3. The van der Waals surface area contributed by atoms with Gasteiger partial charge in [0, 0.05) is 78.0 Å². The number of ether oxygens (including phenoxy) is 2. The fraction of sp³-hybridized carbons (Fsp3) is 0.364. The summed E-state index contributed by atoms with van der Waals surface area (Å²) in [6, 6.07) is 12.6. The molecule has 0 radical (unpaired) electrons. The van der Waals surface area contributed by atoms with Crippen LogP contribution in [0.25, 0.3) is 32.9 Å². The number of carboxylic acid groups (broad SMARTS) is 1. The second-order valence-electron chi connectivity index (χ2n) is 15.5. The molecule has 0 bridgehead atoms. The fourth-order valence-electron chi connectivity index (χ4n) is 8.95. The predicted octanol–water partition coefficient (Wildman–Crippen LogP) is 8.48. The molecule has 14 heteroatoms. The summed E-state index contributed by atoms with van der Waals surface area (Å²) in [4.78, 5) is 45.5. The van der Waals surface area contributed by atoms with Crippen LogP contribution in [0.4, 0.5) is 5.69 Å². The molecule has 8 rings (SSSR count). The van der Waals surface area contributed by atoms with Crippen LogP contribution in [0, 0.1) is 27.7 Å². The summed E-state index contributed by atoms with van der Waals surface area (Å²) in [7, 11) is 3.58. The van der Waals surface area contributed by atoms with E-state index in [9.17, 15) is 14.7 Å².